The molecule has 0 fully saturated rings. The van der Waals surface area contributed by atoms with Gasteiger partial charge in [0.1, 0.15) is 0 Å². The maximum Gasteiger partial charge on any atom is 0.0994 e. The Morgan fingerprint density at radius 3 is 3.00 bits per heavy atom. The summed E-state index contributed by atoms with van der Waals surface area (Å²) in [6.07, 6.45) is 8.50. The van der Waals surface area contributed by atoms with Crippen LogP contribution in [0.3, 0.4) is 0 Å². The normalized spacial score (nSPS) is 19.7. The van der Waals surface area contributed by atoms with Gasteiger partial charge in [-0.05, 0) is 24.8 Å². The molecule has 1 aliphatic rings. The van der Waals surface area contributed by atoms with Crippen LogP contribution in [0.15, 0.2) is 0 Å². The maximum atomic E-state index is 6.18. The highest BCUT2D eigenvalue weighted by atomic mass is 35.5. The lowest BCUT2D eigenvalue weighted by Crippen LogP contribution is -2.24. The molecule has 0 saturated carbocycles. The van der Waals surface area contributed by atoms with Crippen LogP contribution in [-0.2, 0) is 6.42 Å². The molecule has 1 aromatic heterocycles. The molecule has 0 amide bonds. The first-order valence-electron chi connectivity index (χ1n) is 4.87. The first kappa shape index (κ1) is 11.3. The standard InChI is InChI=1S/C11H11Cl2NS/c1-2-6-14-8-5-3-4-7-9(8)11(13)15-10(7)12/h1,8,14H,3-6H2. The van der Waals surface area contributed by atoms with Crippen molar-refractivity contribution in [1.29, 1.82) is 0 Å². The zero-order valence-corrected chi connectivity index (χ0v) is 10.5. The van der Waals surface area contributed by atoms with Crippen LogP contribution >= 0.6 is 34.5 Å². The summed E-state index contributed by atoms with van der Waals surface area (Å²) in [4.78, 5) is 0. The highest BCUT2D eigenvalue weighted by Crippen LogP contribution is 2.44. The Kier molecular flexibility index (Phi) is 3.58. The lowest BCUT2D eigenvalue weighted by atomic mass is 9.91. The Bertz CT molecular complexity index is 405. The molecule has 1 aliphatic carbocycles. The molecule has 0 aromatic carbocycles. The van der Waals surface area contributed by atoms with E-state index in [9.17, 15) is 0 Å². The van der Waals surface area contributed by atoms with Crippen LogP contribution in [0, 0.1) is 12.3 Å². The van der Waals surface area contributed by atoms with E-state index in [0.29, 0.717) is 6.54 Å². The van der Waals surface area contributed by atoms with Crippen LogP contribution in [0.4, 0.5) is 0 Å². The average Bonchev–Trinajstić information content (AvgIpc) is 2.53. The fraction of sp³-hybridized carbons (Fsp3) is 0.455. The van der Waals surface area contributed by atoms with Gasteiger partial charge in [-0.1, -0.05) is 29.1 Å². The molecule has 0 radical (unpaired) electrons. The summed E-state index contributed by atoms with van der Waals surface area (Å²) in [7, 11) is 0. The summed E-state index contributed by atoms with van der Waals surface area (Å²) in [5.41, 5.74) is 2.39. The van der Waals surface area contributed by atoms with Gasteiger partial charge in [0.05, 0.1) is 15.2 Å². The Morgan fingerprint density at radius 1 is 1.47 bits per heavy atom. The number of thiophene rings is 1. The van der Waals surface area contributed by atoms with Crippen LogP contribution in [0.5, 0.6) is 0 Å². The van der Waals surface area contributed by atoms with Crippen LogP contribution in [0.1, 0.15) is 30.0 Å². The van der Waals surface area contributed by atoms with Crippen molar-refractivity contribution in [3.8, 4) is 12.3 Å². The summed E-state index contributed by atoms with van der Waals surface area (Å²) in [5, 5.41) is 3.31. The van der Waals surface area contributed by atoms with E-state index in [-0.39, 0.29) is 6.04 Å². The van der Waals surface area contributed by atoms with Crippen LogP contribution in [0.25, 0.3) is 0 Å². The molecule has 0 bridgehead atoms. The second kappa shape index (κ2) is 4.76. The van der Waals surface area contributed by atoms with Crippen molar-refractivity contribution in [2.75, 3.05) is 6.54 Å². The molecule has 0 aliphatic heterocycles. The van der Waals surface area contributed by atoms with E-state index in [4.69, 9.17) is 29.6 Å². The minimum Gasteiger partial charge on any atom is -0.299 e. The van der Waals surface area contributed by atoms with E-state index < -0.39 is 0 Å². The van der Waals surface area contributed by atoms with E-state index in [1.807, 2.05) is 0 Å². The van der Waals surface area contributed by atoms with Crippen molar-refractivity contribution in [3.63, 3.8) is 0 Å². The van der Waals surface area contributed by atoms with Crippen molar-refractivity contribution in [2.45, 2.75) is 25.3 Å². The van der Waals surface area contributed by atoms with Gasteiger partial charge in [0.25, 0.3) is 0 Å². The van der Waals surface area contributed by atoms with E-state index in [1.54, 1.807) is 0 Å². The molecule has 1 nitrogen and oxygen atoms in total. The second-order valence-corrected chi connectivity index (χ2v) is 5.80. The molecule has 0 spiro atoms. The zero-order valence-electron chi connectivity index (χ0n) is 8.15. The topological polar surface area (TPSA) is 12.0 Å². The van der Waals surface area contributed by atoms with Gasteiger partial charge in [-0.3, -0.25) is 5.32 Å². The lowest BCUT2D eigenvalue weighted by molar-refractivity contribution is 0.486. The number of rotatable bonds is 2. The summed E-state index contributed by atoms with van der Waals surface area (Å²) in [5.74, 6) is 2.59. The molecule has 80 valence electrons. The molecule has 4 heteroatoms. The van der Waals surface area contributed by atoms with E-state index in [2.05, 4.69) is 11.2 Å². The minimum absolute atomic E-state index is 0.279. The molecule has 15 heavy (non-hydrogen) atoms. The van der Waals surface area contributed by atoms with E-state index in [0.717, 1.165) is 27.9 Å². The fourth-order valence-electron chi connectivity index (χ4n) is 2.01. The van der Waals surface area contributed by atoms with Gasteiger partial charge in [0.15, 0.2) is 0 Å². The molecule has 1 unspecified atom stereocenters. The Labute approximate surface area is 104 Å². The first-order chi connectivity index (χ1) is 7.24. The minimum atomic E-state index is 0.279. The van der Waals surface area contributed by atoms with Crippen molar-refractivity contribution < 1.29 is 0 Å². The molecule has 1 N–H and O–H groups in total. The number of nitrogens with one attached hydrogen (secondary N) is 1. The monoisotopic (exact) mass is 259 g/mol. The van der Waals surface area contributed by atoms with Crippen molar-refractivity contribution in [1.82, 2.24) is 5.32 Å². The van der Waals surface area contributed by atoms with Gasteiger partial charge in [0, 0.05) is 11.6 Å². The smallest absolute Gasteiger partial charge is 0.0994 e. The number of hydrogen-bond acceptors (Lipinski definition) is 2. The average molecular weight is 260 g/mol. The van der Waals surface area contributed by atoms with Crippen molar-refractivity contribution in [2.24, 2.45) is 0 Å². The maximum absolute atomic E-state index is 6.18. The Hall–Kier alpha value is -0.200. The summed E-state index contributed by atoms with van der Waals surface area (Å²) in [6.45, 7) is 0.577. The zero-order chi connectivity index (χ0) is 10.8. The SMILES string of the molecule is C#CCNC1CCCc2c(Cl)sc(Cl)c21. The Balaban J connectivity index is 2.30. The molecule has 0 saturated heterocycles. The third-order valence-electron chi connectivity index (χ3n) is 2.67. The van der Waals surface area contributed by atoms with Gasteiger partial charge < -0.3 is 0 Å². The van der Waals surface area contributed by atoms with Gasteiger partial charge >= 0.3 is 0 Å². The number of fused-ring (bicyclic) bond motifs is 1. The van der Waals surface area contributed by atoms with Gasteiger partial charge in [0.2, 0.25) is 0 Å². The molecule has 1 atom stereocenters. The second-order valence-electron chi connectivity index (χ2n) is 3.57. The third-order valence-corrected chi connectivity index (χ3v) is 4.39. The predicted octanol–water partition coefficient (Wildman–Crippen LogP) is 3.66. The fourth-order valence-corrected chi connectivity index (χ4v) is 3.90. The van der Waals surface area contributed by atoms with Crippen molar-refractivity contribution >= 4 is 34.5 Å². The van der Waals surface area contributed by atoms with Crippen LogP contribution < -0.4 is 5.32 Å². The Morgan fingerprint density at radius 2 is 2.27 bits per heavy atom. The van der Waals surface area contributed by atoms with E-state index >= 15 is 0 Å². The highest BCUT2D eigenvalue weighted by Gasteiger charge is 2.26. The molecule has 2 rings (SSSR count). The number of halogens is 2. The summed E-state index contributed by atoms with van der Waals surface area (Å²) >= 11 is 13.8. The quantitative estimate of drug-likeness (QED) is 0.800. The third kappa shape index (κ3) is 2.16. The van der Waals surface area contributed by atoms with Crippen LogP contribution in [-0.4, -0.2) is 6.54 Å². The highest BCUT2D eigenvalue weighted by molar-refractivity contribution is 7.20. The lowest BCUT2D eigenvalue weighted by Gasteiger charge is -2.23. The van der Waals surface area contributed by atoms with Gasteiger partial charge in [-0.15, -0.1) is 17.8 Å². The van der Waals surface area contributed by atoms with E-state index in [1.165, 1.54) is 22.5 Å². The molecular formula is C11H11Cl2NS. The molecule has 1 aromatic rings. The van der Waals surface area contributed by atoms with Gasteiger partial charge in [-0.25, -0.2) is 0 Å². The molecular weight excluding hydrogens is 249 g/mol. The van der Waals surface area contributed by atoms with Gasteiger partial charge in [-0.2, -0.15) is 0 Å². The number of terminal acetylenes is 1. The van der Waals surface area contributed by atoms with Crippen LogP contribution in [0.2, 0.25) is 8.67 Å². The number of hydrogen-bond donors (Lipinski definition) is 1. The first-order valence-corrected chi connectivity index (χ1v) is 6.44. The summed E-state index contributed by atoms with van der Waals surface area (Å²) in [6, 6.07) is 0.279. The predicted molar refractivity (Wildman–Crippen MR) is 66.9 cm³/mol. The summed E-state index contributed by atoms with van der Waals surface area (Å²) < 4.78 is 1.64. The van der Waals surface area contributed by atoms with Crippen molar-refractivity contribution in [3.05, 3.63) is 19.8 Å². The largest absolute Gasteiger partial charge is 0.299 e. The molecule has 1 heterocycles.